The van der Waals surface area contributed by atoms with Crippen LogP contribution in [0.2, 0.25) is 0 Å². The summed E-state index contributed by atoms with van der Waals surface area (Å²) in [6.45, 7) is 8.61. The summed E-state index contributed by atoms with van der Waals surface area (Å²) in [5, 5.41) is 0. The summed E-state index contributed by atoms with van der Waals surface area (Å²) in [7, 11) is -3.78. The van der Waals surface area contributed by atoms with Gasteiger partial charge in [0.25, 0.3) is 0 Å². The van der Waals surface area contributed by atoms with Gasteiger partial charge < -0.3 is 0 Å². The standard InChI is InChI=1S/C13H28O4S.Na.H/c1-5-13(4)9-7-6-8-10-16-18(14,15)17-11-12(2)3;;/h12-13H,5-11H2,1-4H3;;. The van der Waals surface area contributed by atoms with Crippen LogP contribution in [0.15, 0.2) is 0 Å². The molecule has 0 fully saturated rings. The molecule has 0 spiro atoms. The van der Waals surface area contributed by atoms with E-state index in [1.165, 1.54) is 12.8 Å². The van der Waals surface area contributed by atoms with Crippen LogP contribution >= 0.6 is 0 Å². The Balaban J connectivity index is 0. The van der Waals surface area contributed by atoms with E-state index in [-0.39, 0.29) is 48.7 Å². The SMILES string of the molecule is CCC(C)CCCCCOS(=O)(=O)OCC(C)C.[NaH]. The van der Waals surface area contributed by atoms with Gasteiger partial charge in [0, 0.05) is 0 Å². The fourth-order valence-corrected chi connectivity index (χ4v) is 2.22. The fraction of sp³-hybridized carbons (Fsp3) is 1.00. The Morgan fingerprint density at radius 1 is 1.00 bits per heavy atom. The van der Waals surface area contributed by atoms with Crippen LogP contribution in [0.5, 0.6) is 0 Å². The zero-order chi connectivity index (χ0) is 14.0. The third-order valence-corrected chi connectivity index (χ3v) is 3.69. The molecule has 0 aliphatic carbocycles. The van der Waals surface area contributed by atoms with Gasteiger partial charge >= 0.3 is 40.0 Å². The maximum atomic E-state index is 11.3. The van der Waals surface area contributed by atoms with E-state index in [1.54, 1.807) is 0 Å². The Labute approximate surface area is 141 Å². The van der Waals surface area contributed by atoms with Crippen LogP contribution in [0.4, 0.5) is 0 Å². The minimum atomic E-state index is -3.78. The van der Waals surface area contributed by atoms with Crippen molar-refractivity contribution in [3.8, 4) is 0 Å². The molecule has 0 amide bonds. The molecule has 0 saturated carbocycles. The van der Waals surface area contributed by atoms with Crippen molar-refractivity contribution in [3.63, 3.8) is 0 Å². The quantitative estimate of drug-likeness (QED) is 0.435. The molecule has 0 bridgehead atoms. The Morgan fingerprint density at radius 3 is 2.16 bits per heavy atom. The molecule has 0 aromatic heterocycles. The first kappa shape index (κ1) is 22.2. The van der Waals surface area contributed by atoms with Crippen molar-refractivity contribution in [2.24, 2.45) is 11.8 Å². The van der Waals surface area contributed by atoms with E-state index in [4.69, 9.17) is 8.37 Å². The number of hydrogen-bond donors (Lipinski definition) is 0. The minimum absolute atomic E-state index is 0. The molecule has 0 aliphatic rings. The van der Waals surface area contributed by atoms with Crippen molar-refractivity contribution in [1.82, 2.24) is 0 Å². The molecule has 1 atom stereocenters. The molecule has 0 N–H and O–H groups in total. The topological polar surface area (TPSA) is 52.6 Å². The van der Waals surface area contributed by atoms with Gasteiger partial charge in [-0.1, -0.05) is 53.4 Å². The van der Waals surface area contributed by atoms with Gasteiger partial charge in [-0.3, -0.25) is 0 Å². The van der Waals surface area contributed by atoms with Crippen LogP contribution in [0, 0.1) is 11.8 Å². The van der Waals surface area contributed by atoms with E-state index in [1.807, 2.05) is 13.8 Å². The molecule has 6 heteroatoms. The Morgan fingerprint density at radius 2 is 1.63 bits per heavy atom. The maximum absolute atomic E-state index is 11.3. The van der Waals surface area contributed by atoms with Crippen LogP contribution in [0.1, 0.15) is 59.8 Å². The molecular formula is C13H29NaO4S. The van der Waals surface area contributed by atoms with Gasteiger partial charge in [0.1, 0.15) is 0 Å². The molecule has 19 heavy (non-hydrogen) atoms. The zero-order valence-corrected chi connectivity index (χ0v) is 13.0. The molecule has 0 aliphatic heterocycles. The van der Waals surface area contributed by atoms with Crippen molar-refractivity contribution in [2.75, 3.05) is 13.2 Å². The van der Waals surface area contributed by atoms with Gasteiger partial charge in [-0.25, -0.2) is 8.37 Å². The Kier molecular flexibility index (Phi) is 14.7. The van der Waals surface area contributed by atoms with Crippen molar-refractivity contribution >= 4 is 40.0 Å². The van der Waals surface area contributed by atoms with Crippen molar-refractivity contribution in [2.45, 2.75) is 59.8 Å². The van der Waals surface area contributed by atoms with Gasteiger partial charge in [0.05, 0.1) is 13.2 Å². The van der Waals surface area contributed by atoms with E-state index in [9.17, 15) is 8.42 Å². The molecule has 0 radical (unpaired) electrons. The summed E-state index contributed by atoms with van der Waals surface area (Å²) >= 11 is 0. The molecule has 0 rings (SSSR count). The number of unbranched alkanes of at least 4 members (excludes halogenated alkanes) is 2. The molecule has 4 nitrogen and oxygen atoms in total. The van der Waals surface area contributed by atoms with Gasteiger partial charge in [-0.05, 0) is 18.3 Å². The van der Waals surface area contributed by atoms with Crippen LogP contribution in [0.25, 0.3) is 0 Å². The van der Waals surface area contributed by atoms with Gasteiger partial charge in [-0.15, -0.1) is 0 Å². The molecule has 0 aromatic carbocycles. The van der Waals surface area contributed by atoms with Crippen LogP contribution < -0.4 is 0 Å². The molecule has 1 unspecified atom stereocenters. The van der Waals surface area contributed by atoms with E-state index < -0.39 is 10.4 Å². The second-order valence-corrected chi connectivity index (χ2v) is 6.56. The predicted molar refractivity (Wildman–Crippen MR) is 80.7 cm³/mol. The zero-order valence-electron chi connectivity index (χ0n) is 12.1. The first-order chi connectivity index (χ1) is 8.37. The van der Waals surface area contributed by atoms with Crippen molar-refractivity contribution in [1.29, 1.82) is 0 Å². The third-order valence-electron chi connectivity index (χ3n) is 2.81. The average Bonchev–Trinajstić information content (AvgIpc) is 2.30. The van der Waals surface area contributed by atoms with E-state index in [0.717, 1.165) is 25.2 Å². The Bertz CT molecular complexity index is 291. The summed E-state index contributed by atoms with van der Waals surface area (Å²) in [4.78, 5) is 0. The van der Waals surface area contributed by atoms with Gasteiger partial charge in [0.2, 0.25) is 0 Å². The van der Waals surface area contributed by atoms with Crippen LogP contribution in [-0.2, 0) is 18.8 Å². The molecule has 0 heterocycles. The second kappa shape index (κ2) is 12.6. The normalized spacial score (nSPS) is 13.3. The molecular weight excluding hydrogens is 275 g/mol. The van der Waals surface area contributed by atoms with E-state index in [0.29, 0.717) is 0 Å². The van der Waals surface area contributed by atoms with Gasteiger partial charge in [-0.2, -0.15) is 8.42 Å². The van der Waals surface area contributed by atoms with E-state index >= 15 is 0 Å². The summed E-state index contributed by atoms with van der Waals surface area (Å²) in [6, 6.07) is 0. The Hall–Kier alpha value is 0.870. The summed E-state index contributed by atoms with van der Waals surface area (Å²) in [5.41, 5.74) is 0. The first-order valence-corrected chi connectivity index (χ1v) is 8.24. The van der Waals surface area contributed by atoms with Gasteiger partial charge in [0.15, 0.2) is 0 Å². The molecule has 0 saturated heterocycles. The summed E-state index contributed by atoms with van der Waals surface area (Å²) < 4.78 is 32.0. The number of rotatable bonds is 11. The summed E-state index contributed by atoms with van der Waals surface area (Å²) in [6.07, 6.45) is 5.30. The van der Waals surface area contributed by atoms with Crippen molar-refractivity contribution < 1.29 is 16.8 Å². The van der Waals surface area contributed by atoms with Crippen LogP contribution in [0.3, 0.4) is 0 Å². The average molecular weight is 304 g/mol. The second-order valence-electron chi connectivity index (χ2n) is 5.27. The monoisotopic (exact) mass is 304 g/mol. The fourth-order valence-electron chi connectivity index (χ4n) is 1.39. The predicted octanol–water partition coefficient (Wildman–Crippen LogP) is 2.88. The number of hydrogen-bond acceptors (Lipinski definition) is 4. The van der Waals surface area contributed by atoms with Crippen LogP contribution in [-0.4, -0.2) is 51.2 Å². The first-order valence-electron chi connectivity index (χ1n) is 6.91. The summed E-state index contributed by atoms with van der Waals surface area (Å²) in [5.74, 6) is 0.933. The molecule has 112 valence electrons. The third kappa shape index (κ3) is 15.1. The van der Waals surface area contributed by atoms with Crippen molar-refractivity contribution in [3.05, 3.63) is 0 Å². The van der Waals surface area contributed by atoms with E-state index in [2.05, 4.69) is 13.8 Å². The molecule has 0 aromatic rings.